The van der Waals surface area contributed by atoms with Gasteiger partial charge in [-0.15, -0.1) is 0 Å². The van der Waals surface area contributed by atoms with E-state index in [1.165, 1.54) is 5.56 Å². The number of nitrogens with zero attached hydrogens (tertiary/aromatic N) is 5. The Bertz CT molecular complexity index is 966. The molecule has 28 heavy (non-hydrogen) atoms. The Hall–Kier alpha value is -2.96. The van der Waals surface area contributed by atoms with E-state index >= 15 is 0 Å². The Kier molecular flexibility index (Phi) is 4.98. The van der Waals surface area contributed by atoms with E-state index in [2.05, 4.69) is 50.5 Å². The minimum atomic E-state index is 0.495. The smallest absolute Gasteiger partial charge is 0.218 e. The second-order valence-electron chi connectivity index (χ2n) is 7.57. The molecule has 3 aromatic rings. The monoisotopic (exact) mass is 378 g/mol. The van der Waals surface area contributed by atoms with Gasteiger partial charge < -0.3 is 10.1 Å². The summed E-state index contributed by atoms with van der Waals surface area (Å²) in [4.78, 5) is 13.4. The first-order chi connectivity index (χ1) is 13.5. The fourth-order valence-electron chi connectivity index (χ4n) is 3.40. The first-order valence-electron chi connectivity index (χ1n) is 9.62. The van der Waals surface area contributed by atoms with E-state index in [4.69, 9.17) is 4.74 Å². The molecule has 0 radical (unpaired) electrons. The van der Waals surface area contributed by atoms with E-state index in [1.54, 1.807) is 0 Å². The maximum Gasteiger partial charge on any atom is 0.218 e. The van der Waals surface area contributed by atoms with Crippen molar-refractivity contribution in [3.63, 3.8) is 0 Å². The molecule has 3 aromatic heterocycles. The van der Waals surface area contributed by atoms with Gasteiger partial charge in [-0.2, -0.15) is 10.1 Å². The fraction of sp³-hybridized carbons (Fsp3) is 0.429. The number of ether oxygens (including phenoxy) is 1. The molecule has 1 saturated carbocycles. The van der Waals surface area contributed by atoms with Crippen LogP contribution in [0.5, 0.6) is 5.88 Å². The highest BCUT2D eigenvalue weighted by Gasteiger charge is 2.40. The van der Waals surface area contributed by atoms with Crippen molar-refractivity contribution >= 4 is 5.82 Å². The highest BCUT2D eigenvalue weighted by Crippen LogP contribution is 2.46. The van der Waals surface area contributed by atoms with Crippen molar-refractivity contribution < 1.29 is 4.74 Å². The maximum absolute atomic E-state index is 5.97. The average molecular weight is 378 g/mol. The van der Waals surface area contributed by atoms with Gasteiger partial charge in [0.15, 0.2) is 0 Å². The van der Waals surface area contributed by atoms with Gasteiger partial charge in [0.05, 0.1) is 24.5 Å². The van der Waals surface area contributed by atoms with E-state index in [1.807, 2.05) is 37.8 Å². The van der Waals surface area contributed by atoms with E-state index in [0.29, 0.717) is 36.7 Å². The van der Waals surface area contributed by atoms with Crippen LogP contribution in [0.15, 0.2) is 30.5 Å². The van der Waals surface area contributed by atoms with E-state index in [9.17, 15) is 0 Å². The van der Waals surface area contributed by atoms with Crippen LogP contribution in [0.1, 0.15) is 40.8 Å². The first kappa shape index (κ1) is 18.4. The summed E-state index contributed by atoms with van der Waals surface area (Å²) in [5, 5.41) is 7.70. The number of hydrogen-bond acceptors (Lipinski definition) is 6. The standard InChI is InChI=1S/C21H26N6O/c1-13-5-6-19(22-10-13)18-8-16(18)12-28-21-9-20(24-15(3)25-21)23-11-17-7-14(2)26-27(17)4/h5-7,9-10,16,18H,8,11-12H2,1-4H3,(H,23,24,25). The molecule has 1 aliphatic carbocycles. The predicted octanol–water partition coefficient (Wildman–Crippen LogP) is 3.32. The third kappa shape index (κ3) is 4.30. The van der Waals surface area contributed by atoms with Gasteiger partial charge in [0.25, 0.3) is 0 Å². The summed E-state index contributed by atoms with van der Waals surface area (Å²) in [5.41, 5.74) is 4.45. The molecule has 1 N–H and O–H groups in total. The SMILES string of the molecule is Cc1ccc(C2CC2COc2cc(NCc3cc(C)nn3C)nc(C)n2)nc1. The van der Waals surface area contributed by atoms with Crippen LogP contribution in [0.25, 0.3) is 0 Å². The summed E-state index contributed by atoms with van der Waals surface area (Å²) in [6.45, 7) is 7.22. The third-order valence-electron chi connectivity index (χ3n) is 5.05. The first-order valence-corrected chi connectivity index (χ1v) is 9.62. The Labute approximate surface area is 165 Å². The molecule has 2 unspecified atom stereocenters. The highest BCUT2D eigenvalue weighted by molar-refractivity contribution is 5.39. The molecule has 146 valence electrons. The quantitative estimate of drug-likeness (QED) is 0.679. The van der Waals surface area contributed by atoms with Gasteiger partial charge in [-0.3, -0.25) is 9.67 Å². The van der Waals surface area contributed by atoms with Gasteiger partial charge in [-0.1, -0.05) is 6.07 Å². The van der Waals surface area contributed by atoms with Gasteiger partial charge in [0.1, 0.15) is 11.6 Å². The van der Waals surface area contributed by atoms with Crippen molar-refractivity contribution in [3.8, 4) is 5.88 Å². The van der Waals surface area contributed by atoms with Crippen molar-refractivity contribution in [3.05, 3.63) is 58.9 Å². The fourth-order valence-corrected chi connectivity index (χ4v) is 3.40. The lowest BCUT2D eigenvalue weighted by atomic mass is 10.2. The van der Waals surface area contributed by atoms with Crippen LogP contribution in [0.3, 0.4) is 0 Å². The van der Waals surface area contributed by atoms with Crippen LogP contribution in [0, 0.1) is 26.7 Å². The molecule has 4 rings (SSSR count). The molecular formula is C21H26N6O. The lowest BCUT2D eigenvalue weighted by Gasteiger charge is -2.10. The Morgan fingerprint density at radius 3 is 2.75 bits per heavy atom. The number of aryl methyl sites for hydroxylation is 4. The molecule has 3 heterocycles. The van der Waals surface area contributed by atoms with Gasteiger partial charge in [-0.25, -0.2) is 4.98 Å². The maximum atomic E-state index is 5.97. The van der Waals surface area contributed by atoms with Crippen LogP contribution >= 0.6 is 0 Å². The second kappa shape index (κ2) is 7.58. The van der Waals surface area contributed by atoms with Crippen molar-refractivity contribution in [2.75, 3.05) is 11.9 Å². The van der Waals surface area contributed by atoms with Gasteiger partial charge >= 0.3 is 0 Å². The molecule has 0 aliphatic heterocycles. The van der Waals surface area contributed by atoms with Crippen LogP contribution in [-0.4, -0.2) is 31.3 Å². The van der Waals surface area contributed by atoms with Gasteiger partial charge in [-0.05, 0) is 44.9 Å². The molecule has 7 heteroatoms. The van der Waals surface area contributed by atoms with Crippen LogP contribution in [0.2, 0.25) is 0 Å². The minimum absolute atomic E-state index is 0.495. The van der Waals surface area contributed by atoms with Crippen LogP contribution < -0.4 is 10.1 Å². The molecule has 0 aromatic carbocycles. The van der Waals surface area contributed by atoms with E-state index in [0.717, 1.165) is 29.3 Å². The van der Waals surface area contributed by atoms with Crippen molar-refractivity contribution in [1.82, 2.24) is 24.7 Å². The average Bonchev–Trinajstić information content (AvgIpc) is 3.35. The summed E-state index contributed by atoms with van der Waals surface area (Å²) in [7, 11) is 1.94. The normalized spacial score (nSPS) is 18.1. The highest BCUT2D eigenvalue weighted by atomic mass is 16.5. The largest absolute Gasteiger partial charge is 0.477 e. The van der Waals surface area contributed by atoms with Crippen molar-refractivity contribution in [2.45, 2.75) is 39.7 Å². The number of rotatable bonds is 7. The second-order valence-corrected chi connectivity index (χ2v) is 7.57. The molecular weight excluding hydrogens is 352 g/mol. The van der Waals surface area contributed by atoms with Crippen LogP contribution in [0.4, 0.5) is 5.82 Å². The summed E-state index contributed by atoms with van der Waals surface area (Å²) < 4.78 is 7.85. The molecule has 0 amide bonds. The van der Waals surface area contributed by atoms with E-state index in [-0.39, 0.29) is 0 Å². The molecule has 7 nitrogen and oxygen atoms in total. The molecule has 2 atom stereocenters. The van der Waals surface area contributed by atoms with Gasteiger partial charge in [0.2, 0.25) is 5.88 Å². The van der Waals surface area contributed by atoms with Crippen molar-refractivity contribution in [2.24, 2.45) is 13.0 Å². The van der Waals surface area contributed by atoms with Gasteiger partial charge in [0, 0.05) is 36.8 Å². The number of aromatic nitrogens is 5. The van der Waals surface area contributed by atoms with E-state index < -0.39 is 0 Å². The zero-order valence-corrected chi connectivity index (χ0v) is 16.8. The zero-order valence-electron chi connectivity index (χ0n) is 16.8. The summed E-state index contributed by atoms with van der Waals surface area (Å²) in [5.74, 6) is 3.05. The number of nitrogens with one attached hydrogen (secondary N) is 1. The molecule has 1 aliphatic rings. The van der Waals surface area contributed by atoms with Crippen LogP contribution in [-0.2, 0) is 13.6 Å². The number of anilines is 1. The molecule has 0 spiro atoms. The predicted molar refractivity (Wildman–Crippen MR) is 107 cm³/mol. The molecule has 1 fully saturated rings. The lowest BCUT2D eigenvalue weighted by Crippen LogP contribution is -2.09. The number of hydrogen-bond donors (Lipinski definition) is 1. The lowest BCUT2D eigenvalue weighted by molar-refractivity contribution is 0.284. The third-order valence-corrected chi connectivity index (χ3v) is 5.05. The topological polar surface area (TPSA) is 77.8 Å². The summed E-state index contributed by atoms with van der Waals surface area (Å²) in [6.07, 6.45) is 3.05. The molecule has 0 saturated heterocycles. The Morgan fingerprint density at radius 2 is 2.04 bits per heavy atom. The number of pyridine rings is 1. The Morgan fingerprint density at radius 1 is 1.18 bits per heavy atom. The minimum Gasteiger partial charge on any atom is -0.477 e. The zero-order chi connectivity index (χ0) is 19.7. The summed E-state index contributed by atoms with van der Waals surface area (Å²) >= 11 is 0. The van der Waals surface area contributed by atoms with Crippen molar-refractivity contribution in [1.29, 1.82) is 0 Å². The Balaban J connectivity index is 1.34. The molecule has 0 bridgehead atoms. The summed E-state index contributed by atoms with van der Waals surface area (Å²) in [6, 6.07) is 8.16.